The molecule has 5 heteroatoms. The molecule has 0 aromatic carbocycles. The van der Waals surface area contributed by atoms with Crippen LogP contribution in [0, 0.1) is 56.7 Å². The van der Waals surface area contributed by atoms with Gasteiger partial charge in [-0.25, -0.2) is 0 Å². The van der Waals surface area contributed by atoms with Gasteiger partial charge in [0.2, 0.25) is 5.91 Å². The van der Waals surface area contributed by atoms with E-state index in [2.05, 4.69) is 53.4 Å². The molecule has 5 nitrogen and oxygen atoms in total. The fourth-order valence-electron chi connectivity index (χ4n) is 11.9. The highest BCUT2D eigenvalue weighted by atomic mass is 16.4. The Morgan fingerprint density at radius 1 is 0.868 bits per heavy atom. The normalized spacial score (nSPS) is 50.0. The third-order valence-electron chi connectivity index (χ3n) is 14.2. The van der Waals surface area contributed by atoms with Crippen molar-refractivity contribution in [1.82, 2.24) is 5.32 Å². The van der Waals surface area contributed by atoms with Gasteiger partial charge in [0.15, 0.2) is 0 Å². The van der Waals surface area contributed by atoms with Crippen molar-refractivity contribution in [3.63, 3.8) is 0 Å². The molecule has 38 heavy (non-hydrogen) atoms. The number of carbonyl (C=O) groups is 2. The second kappa shape index (κ2) is 8.82. The highest BCUT2D eigenvalue weighted by Crippen LogP contribution is 2.77. The summed E-state index contributed by atoms with van der Waals surface area (Å²) in [6.07, 6.45) is 10.2. The van der Waals surface area contributed by atoms with Crippen molar-refractivity contribution in [2.24, 2.45) is 56.7 Å². The number of hydrogen-bond donors (Lipinski definition) is 3. The predicted octanol–water partition coefficient (Wildman–Crippen LogP) is 6.59. The SMILES string of the molecule is C=C(C)[C@@H]1CC[C@]2(C(=O)N[C@@H](C)C(=O)O)CC[C@]3(C)[C@H](CC[C@@H]4[C@@]5(C)CC[C@H](O)C(C)(C)[C@@H]5CC[C@]43C)[C@@H]12. The molecule has 214 valence electrons. The molecule has 5 rings (SSSR count). The minimum absolute atomic E-state index is 0.0332. The van der Waals surface area contributed by atoms with Crippen LogP contribution in [0.4, 0.5) is 0 Å². The molecule has 5 aliphatic carbocycles. The van der Waals surface area contributed by atoms with E-state index in [4.69, 9.17) is 0 Å². The van der Waals surface area contributed by atoms with Crippen molar-refractivity contribution in [2.45, 2.75) is 125 Å². The van der Waals surface area contributed by atoms with Crippen molar-refractivity contribution in [2.75, 3.05) is 0 Å². The van der Waals surface area contributed by atoms with Gasteiger partial charge in [-0.05, 0) is 129 Å². The van der Waals surface area contributed by atoms with Crippen molar-refractivity contribution < 1.29 is 19.8 Å². The van der Waals surface area contributed by atoms with Crippen LogP contribution in [0.2, 0.25) is 0 Å². The van der Waals surface area contributed by atoms with Crippen LogP contribution in [0.1, 0.15) is 113 Å². The number of hydrogen-bond acceptors (Lipinski definition) is 3. The lowest BCUT2D eigenvalue weighted by atomic mass is 9.32. The Hall–Kier alpha value is -1.36. The fraction of sp³-hybridized carbons (Fsp3) is 0.879. The molecule has 3 N–H and O–H groups in total. The number of nitrogens with one attached hydrogen (secondary N) is 1. The Morgan fingerprint density at radius 3 is 2.18 bits per heavy atom. The Balaban J connectivity index is 1.53. The number of amides is 1. The van der Waals surface area contributed by atoms with E-state index in [9.17, 15) is 19.8 Å². The minimum Gasteiger partial charge on any atom is -0.480 e. The van der Waals surface area contributed by atoms with Crippen LogP contribution < -0.4 is 5.32 Å². The number of aliphatic hydroxyl groups excluding tert-OH is 1. The molecule has 0 saturated heterocycles. The first-order valence-electron chi connectivity index (χ1n) is 15.4. The second-order valence-corrected chi connectivity index (χ2v) is 15.8. The smallest absolute Gasteiger partial charge is 0.325 e. The summed E-state index contributed by atoms with van der Waals surface area (Å²) >= 11 is 0. The molecular weight excluding hydrogens is 474 g/mol. The summed E-state index contributed by atoms with van der Waals surface area (Å²) in [7, 11) is 0. The van der Waals surface area contributed by atoms with Gasteiger partial charge in [-0.2, -0.15) is 0 Å². The quantitative estimate of drug-likeness (QED) is 0.360. The molecule has 11 atom stereocenters. The highest BCUT2D eigenvalue weighted by Gasteiger charge is 2.71. The molecule has 0 spiro atoms. The number of carboxylic acid groups (broad SMARTS) is 1. The van der Waals surface area contributed by atoms with E-state index < -0.39 is 17.4 Å². The monoisotopic (exact) mass is 527 g/mol. The lowest BCUT2D eigenvalue weighted by molar-refractivity contribution is -0.246. The van der Waals surface area contributed by atoms with Gasteiger partial charge >= 0.3 is 5.97 Å². The molecule has 0 heterocycles. The van der Waals surface area contributed by atoms with E-state index in [1.807, 2.05) is 0 Å². The van der Waals surface area contributed by atoms with Gasteiger partial charge in [0.05, 0.1) is 11.5 Å². The molecule has 5 saturated carbocycles. The molecule has 0 bridgehead atoms. The van der Waals surface area contributed by atoms with E-state index >= 15 is 0 Å². The van der Waals surface area contributed by atoms with Gasteiger partial charge in [-0.1, -0.05) is 46.8 Å². The van der Waals surface area contributed by atoms with Crippen LogP contribution in [-0.2, 0) is 9.59 Å². The Bertz CT molecular complexity index is 1020. The Labute approximate surface area is 230 Å². The number of rotatable bonds is 4. The first-order chi connectivity index (χ1) is 17.6. The van der Waals surface area contributed by atoms with Gasteiger partial charge in [0, 0.05) is 0 Å². The molecule has 5 fully saturated rings. The maximum Gasteiger partial charge on any atom is 0.325 e. The molecule has 5 aliphatic rings. The first-order valence-corrected chi connectivity index (χ1v) is 15.4. The lowest BCUT2D eigenvalue weighted by Gasteiger charge is -2.72. The summed E-state index contributed by atoms with van der Waals surface area (Å²) in [6, 6.07) is -0.872. The number of aliphatic carboxylic acids is 1. The predicted molar refractivity (Wildman–Crippen MR) is 150 cm³/mol. The summed E-state index contributed by atoms with van der Waals surface area (Å²) < 4.78 is 0. The molecular formula is C33H53NO4. The van der Waals surface area contributed by atoms with E-state index in [0.717, 1.165) is 44.9 Å². The maximum absolute atomic E-state index is 13.9. The maximum atomic E-state index is 13.9. The van der Waals surface area contributed by atoms with Gasteiger partial charge in [0.25, 0.3) is 0 Å². The number of allylic oxidation sites excluding steroid dienone is 1. The Morgan fingerprint density at radius 2 is 1.55 bits per heavy atom. The summed E-state index contributed by atoms with van der Waals surface area (Å²) in [5.74, 6) is 1.15. The van der Waals surface area contributed by atoms with Gasteiger partial charge in [0.1, 0.15) is 6.04 Å². The fourth-order valence-corrected chi connectivity index (χ4v) is 11.9. The zero-order valence-corrected chi connectivity index (χ0v) is 25.0. The standard InChI is InChI=1S/C33H53NO4/c1-19(2)21-11-16-33(28(38)34-20(3)27(36)37)18-17-31(7)22(26(21)33)9-10-24-30(6)14-13-25(35)29(4,5)23(30)12-15-32(24,31)8/h20-26,35H,1,9-18H2,2-8H3,(H,34,38)(H,36,37)/t20-,21-,22+,23-,24+,25-,26+,30-,31+,32+,33-/m0/s1. The Kier molecular flexibility index (Phi) is 6.54. The van der Waals surface area contributed by atoms with Crippen LogP contribution in [0.15, 0.2) is 12.2 Å². The minimum atomic E-state index is -0.972. The highest BCUT2D eigenvalue weighted by molar-refractivity contribution is 5.88. The molecule has 1 amide bonds. The van der Waals surface area contributed by atoms with Crippen molar-refractivity contribution in [1.29, 1.82) is 0 Å². The van der Waals surface area contributed by atoms with Crippen LogP contribution in [0.25, 0.3) is 0 Å². The molecule has 0 aromatic rings. The zero-order valence-electron chi connectivity index (χ0n) is 25.0. The molecule has 0 radical (unpaired) electrons. The lowest BCUT2D eigenvalue weighted by Crippen LogP contribution is -2.67. The van der Waals surface area contributed by atoms with Gasteiger partial charge < -0.3 is 15.5 Å². The van der Waals surface area contributed by atoms with Crippen LogP contribution in [0.5, 0.6) is 0 Å². The van der Waals surface area contributed by atoms with E-state index in [-0.39, 0.29) is 39.6 Å². The topological polar surface area (TPSA) is 86.6 Å². The van der Waals surface area contributed by atoms with Crippen molar-refractivity contribution >= 4 is 11.9 Å². The average Bonchev–Trinajstić information content (AvgIpc) is 3.23. The molecule has 0 unspecified atom stereocenters. The van der Waals surface area contributed by atoms with Gasteiger partial charge in [-0.3, -0.25) is 9.59 Å². The van der Waals surface area contributed by atoms with Crippen LogP contribution in [-0.4, -0.2) is 34.2 Å². The number of fused-ring (bicyclic) bond motifs is 7. The van der Waals surface area contributed by atoms with E-state index in [0.29, 0.717) is 23.7 Å². The average molecular weight is 528 g/mol. The van der Waals surface area contributed by atoms with E-state index in [1.165, 1.54) is 24.8 Å². The van der Waals surface area contributed by atoms with Crippen molar-refractivity contribution in [3.8, 4) is 0 Å². The number of aliphatic hydroxyl groups is 1. The summed E-state index contributed by atoms with van der Waals surface area (Å²) in [5.41, 5.74) is 1.21. The molecule has 0 aliphatic heterocycles. The summed E-state index contributed by atoms with van der Waals surface area (Å²) in [5, 5.41) is 23.4. The number of carbonyl (C=O) groups excluding carboxylic acids is 1. The summed E-state index contributed by atoms with van der Waals surface area (Å²) in [4.78, 5) is 25.6. The third kappa shape index (κ3) is 3.51. The van der Waals surface area contributed by atoms with Crippen molar-refractivity contribution in [3.05, 3.63) is 12.2 Å². The summed E-state index contributed by atoms with van der Waals surface area (Å²) in [6.45, 7) is 20.4. The third-order valence-corrected chi connectivity index (χ3v) is 14.2. The van der Waals surface area contributed by atoms with E-state index in [1.54, 1.807) is 6.92 Å². The van der Waals surface area contributed by atoms with Crippen LogP contribution >= 0.6 is 0 Å². The largest absolute Gasteiger partial charge is 0.480 e. The first kappa shape index (κ1) is 28.2. The zero-order chi connectivity index (χ0) is 28.1. The van der Waals surface area contributed by atoms with Gasteiger partial charge in [-0.15, -0.1) is 0 Å². The molecule has 0 aromatic heterocycles. The number of carboxylic acids is 1. The second-order valence-electron chi connectivity index (χ2n) is 15.8. The van der Waals surface area contributed by atoms with Crippen LogP contribution in [0.3, 0.4) is 0 Å².